The van der Waals surface area contributed by atoms with E-state index in [1.165, 1.54) is 0 Å². The number of fused-ring (bicyclic) bond motifs is 1. The fourth-order valence-corrected chi connectivity index (χ4v) is 3.03. The highest BCUT2D eigenvalue weighted by molar-refractivity contribution is 5.95. The molecule has 0 bridgehead atoms. The van der Waals surface area contributed by atoms with Crippen molar-refractivity contribution >= 4 is 22.7 Å². The SMILES string of the molecule is CCNC(=O)NC(c1ccccc1C(N)=O)c1cccc2ccncc12. The van der Waals surface area contributed by atoms with Crippen LogP contribution in [0.25, 0.3) is 10.8 Å². The number of carbonyl (C=O) groups is 2. The predicted octanol–water partition coefficient (Wildman–Crippen LogP) is 2.74. The summed E-state index contributed by atoms with van der Waals surface area (Å²) in [5, 5.41) is 7.58. The molecule has 3 aromatic rings. The number of nitrogens with one attached hydrogen (secondary N) is 2. The van der Waals surface area contributed by atoms with Crippen molar-refractivity contribution in [2.45, 2.75) is 13.0 Å². The minimum absolute atomic E-state index is 0.322. The Morgan fingerprint density at radius 2 is 1.85 bits per heavy atom. The van der Waals surface area contributed by atoms with E-state index in [0.717, 1.165) is 16.3 Å². The molecule has 1 unspecified atom stereocenters. The normalized spacial score (nSPS) is 11.7. The lowest BCUT2D eigenvalue weighted by atomic mass is 9.91. The zero-order valence-electron chi connectivity index (χ0n) is 14.4. The number of aromatic nitrogens is 1. The molecule has 1 heterocycles. The Labute approximate surface area is 151 Å². The molecule has 0 saturated carbocycles. The van der Waals surface area contributed by atoms with Gasteiger partial charge in [0.05, 0.1) is 6.04 Å². The summed E-state index contributed by atoms with van der Waals surface area (Å²) in [5.74, 6) is -0.540. The molecule has 3 amide bonds. The van der Waals surface area contributed by atoms with Gasteiger partial charge < -0.3 is 16.4 Å². The van der Waals surface area contributed by atoms with Gasteiger partial charge in [-0.15, -0.1) is 0 Å². The van der Waals surface area contributed by atoms with E-state index in [1.54, 1.807) is 30.6 Å². The van der Waals surface area contributed by atoms with E-state index in [0.29, 0.717) is 17.7 Å². The van der Waals surface area contributed by atoms with Crippen LogP contribution in [0.3, 0.4) is 0 Å². The first-order valence-corrected chi connectivity index (χ1v) is 8.37. The van der Waals surface area contributed by atoms with E-state index in [4.69, 9.17) is 5.73 Å². The molecule has 132 valence electrons. The topological polar surface area (TPSA) is 97.1 Å². The molecule has 1 aromatic heterocycles. The number of hydrogen-bond donors (Lipinski definition) is 3. The van der Waals surface area contributed by atoms with Crippen molar-refractivity contribution in [2.24, 2.45) is 5.73 Å². The highest BCUT2D eigenvalue weighted by Gasteiger charge is 2.23. The van der Waals surface area contributed by atoms with Crippen LogP contribution in [0.15, 0.2) is 60.9 Å². The maximum Gasteiger partial charge on any atom is 0.315 e. The lowest BCUT2D eigenvalue weighted by Gasteiger charge is -2.23. The second-order valence-electron chi connectivity index (χ2n) is 5.83. The van der Waals surface area contributed by atoms with Crippen LogP contribution in [-0.4, -0.2) is 23.5 Å². The number of primary amides is 1. The fraction of sp³-hybridized carbons (Fsp3) is 0.150. The average Bonchev–Trinajstić information content (AvgIpc) is 2.66. The van der Waals surface area contributed by atoms with Gasteiger partial charge >= 0.3 is 6.03 Å². The van der Waals surface area contributed by atoms with E-state index in [1.807, 2.05) is 37.3 Å². The Hall–Kier alpha value is -3.41. The number of hydrogen-bond acceptors (Lipinski definition) is 3. The van der Waals surface area contributed by atoms with Crippen LogP contribution in [0.1, 0.15) is 34.5 Å². The molecular formula is C20H20N4O2. The van der Waals surface area contributed by atoms with Gasteiger partial charge in [0.2, 0.25) is 5.91 Å². The number of carbonyl (C=O) groups excluding carboxylic acids is 2. The first-order chi connectivity index (χ1) is 12.6. The van der Waals surface area contributed by atoms with E-state index in [9.17, 15) is 9.59 Å². The van der Waals surface area contributed by atoms with Gasteiger partial charge in [0.1, 0.15) is 0 Å². The minimum Gasteiger partial charge on any atom is -0.366 e. The lowest BCUT2D eigenvalue weighted by molar-refractivity contribution is 0.0999. The smallest absolute Gasteiger partial charge is 0.315 e. The molecule has 0 aliphatic carbocycles. The molecule has 0 aliphatic rings. The molecule has 6 nitrogen and oxygen atoms in total. The number of benzene rings is 2. The second-order valence-corrected chi connectivity index (χ2v) is 5.83. The van der Waals surface area contributed by atoms with Gasteiger partial charge in [-0.1, -0.05) is 36.4 Å². The Morgan fingerprint density at radius 1 is 1.08 bits per heavy atom. The maximum atomic E-state index is 12.3. The molecule has 0 spiro atoms. The third-order valence-corrected chi connectivity index (χ3v) is 4.18. The lowest BCUT2D eigenvalue weighted by Crippen LogP contribution is -2.39. The summed E-state index contributed by atoms with van der Waals surface area (Å²) in [4.78, 5) is 28.4. The van der Waals surface area contributed by atoms with Gasteiger partial charge in [-0.3, -0.25) is 9.78 Å². The molecule has 0 saturated heterocycles. The molecule has 2 aromatic carbocycles. The average molecular weight is 348 g/mol. The Morgan fingerprint density at radius 3 is 2.62 bits per heavy atom. The summed E-state index contributed by atoms with van der Waals surface area (Å²) >= 11 is 0. The fourth-order valence-electron chi connectivity index (χ4n) is 3.03. The van der Waals surface area contributed by atoms with E-state index >= 15 is 0 Å². The third-order valence-electron chi connectivity index (χ3n) is 4.18. The highest BCUT2D eigenvalue weighted by atomic mass is 16.2. The van der Waals surface area contributed by atoms with Crippen molar-refractivity contribution < 1.29 is 9.59 Å². The van der Waals surface area contributed by atoms with Gasteiger partial charge in [0, 0.05) is 29.9 Å². The van der Waals surface area contributed by atoms with Crippen molar-refractivity contribution in [3.8, 4) is 0 Å². The largest absolute Gasteiger partial charge is 0.366 e. The van der Waals surface area contributed by atoms with Crippen molar-refractivity contribution in [3.05, 3.63) is 77.6 Å². The summed E-state index contributed by atoms with van der Waals surface area (Å²) < 4.78 is 0. The van der Waals surface area contributed by atoms with Crippen LogP contribution in [0.4, 0.5) is 4.79 Å². The van der Waals surface area contributed by atoms with Crippen molar-refractivity contribution in [2.75, 3.05) is 6.54 Å². The van der Waals surface area contributed by atoms with E-state index < -0.39 is 11.9 Å². The van der Waals surface area contributed by atoms with Gasteiger partial charge in [0.15, 0.2) is 0 Å². The Bertz CT molecular complexity index is 950. The van der Waals surface area contributed by atoms with Crippen LogP contribution in [0.2, 0.25) is 0 Å². The molecule has 6 heteroatoms. The first kappa shape index (κ1) is 17.4. The molecule has 0 fully saturated rings. The maximum absolute atomic E-state index is 12.3. The molecule has 3 rings (SSSR count). The number of amides is 3. The monoisotopic (exact) mass is 348 g/mol. The van der Waals surface area contributed by atoms with Gasteiger partial charge in [-0.25, -0.2) is 4.79 Å². The van der Waals surface area contributed by atoms with Crippen molar-refractivity contribution in [1.82, 2.24) is 15.6 Å². The van der Waals surface area contributed by atoms with E-state index in [2.05, 4.69) is 15.6 Å². The van der Waals surface area contributed by atoms with Crippen LogP contribution >= 0.6 is 0 Å². The third kappa shape index (κ3) is 3.49. The molecule has 26 heavy (non-hydrogen) atoms. The summed E-state index contributed by atoms with van der Waals surface area (Å²) in [7, 11) is 0. The summed E-state index contributed by atoms with van der Waals surface area (Å²) in [5.41, 5.74) is 7.41. The standard InChI is InChI=1S/C20H20N4O2/c1-2-23-20(26)24-18(14-7-3-4-8-16(14)19(21)25)15-9-5-6-13-10-11-22-12-17(13)15/h3-12,18H,2H2,1H3,(H2,21,25)(H2,23,24,26). The summed E-state index contributed by atoms with van der Waals surface area (Å²) in [6.45, 7) is 2.33. The summed E-state index contributed by atoms with van der Waals surface area (Å²) in [6.07, 6.45) is 3.47. The molecule has 1 atom stereocenters. The summed E-state index contributed by atoms with van der Waals surface area (Å²) in [6, 6.07) is 13.9. The van der Waals surface area contributed by atoms with Gasteiger partial charge in [0.25, 0.3) is 0 Å². The predicted molar refractivity (Wildman–Crippen MR) is 101 cm³/mol. The van der Waals surface area contributed by atoms with Gasteiger partial charge in [-0.2, -0.15) is 0 Å². The van der Waals surface area contributed by atoms with Crippen LogP contribution in [-0.2, 0) is 0 Å². The molecule has 0 aliphatic heterocycles. The number of nitrogens with zero attached hydrogens (tertiary/aromatic N) is 1. The number of pyridine rings is 1. The van der Waals surface area contributed by atoms with Crippen molar-refractivity contribution in [1.29, 1.82) is 0 Å². The highest BCUT2D eigenvalue weighted by Crippen LogP contribution is 2.30. The van der Waals surface area contributed by atoms with Gasteiger partial charge in [-0.05, 0) is 35.6 Å². The van der Waals surface area contributed by atoms with Crippen LogP contribution in [0, 0.1) is 0 Å². The number of urea groups is 1. The second kappa shape index (κ2) is 7.65. The van der Waals surface area contributed by atoms with E-state index in [-0.39, 0.29) is 6.03 Å². The number of nitrogens with two attached hydrogens (primary N) is 1. The molecule has 0 radical (unpaired) electrons. The van der Waals surface area contributed by atoms with Crippen molar-refractivity contribution in [3.63, 3.8) is 0 Å². The quantitative estimate of drug-likeness (QED) is 0.661. The number of rotatable bonds is 5. The Balaban J connectivity index is 2.18. The zero-order chi connectivity index (χ0) is 18.5. The first-order valence-electron chi connectivity index (χ1n) is 8.37. The van der Waals surface area contributed by atoms with Crippen LogP contribution < -0.4 is 16.4 Å². The van der Waals surface area contributed by atoms with Crippen LogP contribution in [0.5, 0.6) is 0 Å². The minimum atomic E-state index is -0.543. The molecular weight excluding hydrogens is 328 g/mol. The Kier molecular flexibility index (Phi) is 5.12. The zero-order valence-corrected chi connectivity index (χ0v) is 14.4. The molecule has 4 N–H and O–H groups in total.